The van der Waals surface area contributed by atoms with Gasteiger partial charge in [-0.25, -0.2) is 0 Å². The Morgan fingerprint density at radius 3 is 2.75 bits per heavy atom. The molecule has 1 aromatic rings. The van der Waals surface area contributed by atoms with Crippen molar-refractivity contribution in [2.75, 3.05) is 7.11 Å². The lowest BCUT2D eigenvalue weighted by Crippen LogP contribution is -2.10. The zero-order chi connectivity index (χ0) is 12.1. The molecule has 0 saturated heterocycles. The third kappa shape index (κ3) is 2.99. The van der Waals surface area contributed by atoms with Crippen LogP contribution >= 0.6 is 0 Å². The fourth-order valence-corrected chi connectivity index (χ4v) is 1.65. The molecule has 0 amide bonds. The number of hydrogen-bond donors (Lipinski definition) is 1. The van der Waals surface area contributed by atoms with E-state index in [0.717, 1.165) is 23.3 Å². The molecule has 0 saturated carbocycles. The molecule has 0 aromatic heterocycles. The second-order valence-electron chi connectivity index (χ2n) is 4.02. The van der Waals surface area contributed by atoms with E-state index in [2.05, 4.69) is 0 Å². The minimum atomic E-state index is -0.736. The Labute approximate surface area is 96.1 Å². The number of rotatable bonds is 5. The molecule has 0 fully saturated rings. The van der Waals surface area contributed by atoms with E-state index in [4.69, 9.17) is 9.84 Å². The van der Waals surface area contributed by atoms with Crippen molar-refractivity contribution in [3.05, 3.63) is 29.3 Å². The zero-order valence-electron chi connectivity index (χ0n) is 9.99. The normalized spacial score (nSPS) is 12.2. The predicted molar refractivity (Wildman–Crippen MR) is 62.9 cm³/mol. The van der Waals surface area contributed by atoms with Crippen molar-refractivity contribution in [3.63, 3.8) is 0 Å². The Morgan fingerprint density at radius 1 is 1.50 bits per heavy atom. The van der Waals surface area contributed by atoms with E-state index in [1.165, 1.54) is 0 Å². The molecule has 3 heteroatoms. The molecular weight excluding hydrogens is 204 g/mol. The summed E-state index contributed by atoms with van der Waals surface area (Å²) >= 11 is 0. The summed E-state index contributed by atoms with van der Waals surface area (Å²) in [6, 6.07) is 5.87. The maximum Gasteiger partial charge on any atom is 0.306 e. The van der Waals surface area contributed by atoms with Crippen LogP contribution in [0.1, 0.15) is 24.5 Å². The smallest absolute Gasteiger partial charge is 0.306 e. The van der Waals surface area contributed by atoms with Gasteiger partial charge in [0.15, 0.2) is 0 Å². The van der Waals surface area contributed by atoms with Crippen LogP contribution in [0, 0.1) is 12.8 Å². The van der Waals surface area contributed by atoms with Gasteiger partial charge in [-0.1, -0.05) is 19.1 Å². The van der Waals surface area contributed by atoms with Crippen molar-refractivity contribution in [3.8, 4) is 5.75 Å². The van der Waals surface area contributed by atoms with Crippen molar-refractivity contribution in [2.24, 2.45) is 5.92 Å². The lowest BCUT2D eigenvalue weighted by Gasteiger charge is -2.11. The molecule has 1 atom stereocenters. The molecule has 0 aliphatic rings. The largest absolute Gasteiger partial charge is 0.496 e. The molecular formula is C13H18O3. The van der Waals surface area contributed by atoms with Crippen molar-refractivity contribution >= 4 is 5.97 Å². The summed E-state index contributed by atoms with van der Waals surface area (Å²) in [6.45, 7) is 3.73. The maximum absolute atomic E-state index is 10.7. The van der Waals surface area contributed by atoms with E-state index in [1.54, 1.807) is 14.0 Å². The minimum absolute atomic E-state index is 0.300. The Balaban J connectivity index is 2.71. The van der Waals surface area contributed by atoms with E-state index in [-0.39, 0.29) is 5.92 Å². The summed E-state index contributed by atoms with van der Waals surface area (Å²) in [6.07, 6.45) is 1.43. The van der Waals surface area contributed by atoms with E-state index in [1.807, 2.05) is 25.1 Å². The van der Waals surface area contributed by atoms with Gasteiger partial charge < -0.3 is 9.84 Å². The molecule has 0 radical (unpaired) electrons. The summed E-state index contributed by atoms with van der Waals surface area (Å²) in [5.74, 6) is -0.174. The molecule has 3 nitrogen and oxygen atoms in total. The van der Waals surface area contributed by atoms with Crippen LogP contribution in [-0.4, -0.2) is 18.2 Å². The highest BCUT2D eigenvalue weighted by Crippen LogP contribution is 2.22. The molecule has 1 rings (SSSR count). The second kappa shape index (κ2) is 5.54. The molecule has 88 valence electrons. The van der Waals surface area contributed by atoms with E-state index in [9.17, 15) is 4.79 Å². The monoisotopic (exact) mass is 222 g/mol. The van der Waals surface area contributed by atoms with Gasteiger partial charge in [-0.15, -0.1) is 0 Å². The van der Waals surface area contributed by atoms with Crippen LogP contribution in [-0.2, 0) is 11.2 Å². The number of aryl methyl sites for hydroxylation is 1. The average molecular weight is 222 g/mol. The Morgan fingerprint density at radius 2 is 2.19 bits per heavy atom. The van der Waals surface area contributed by atoms with Crippen LogP contribution in [0.4, 0.5) is 0 Å². The standard InChI is InChI=1S/C13H18O3/c1-9(13(14)15)7-8-11-5-4-6-12(16-3)10(11)2/h4-6,9H,7-8H2,1-3H3,(H,14,15). The van der Waals surface area contributed by atoms with Crippen LogP contribution in [0.15, 0.2) is 18.2 Å². The molecule has 1 unspecified atom stereocenters. The summed E-state index contributed by atoms with van der Waals surface area (Å²) in [7, 11) is 1.64. The Hall–Kier alpha value is -1.51. The van der Waals surface area contributed by atoms with Gasteiger partial charge in [0.2, 0.25) is 0 Å². The summed E-state index contributed by atoms with van der Waals surface area (Å²) in [4.78, 5) is 10.7. The number of carbonyl (C=O) groups is 1. The Bertz CT molecular complexity index is 371. The summed E-state index contributed by atoms with van der Waals surface area (Å²) in [5.41, 5.74) is 2.26. The molecule has 1 N–H and O–H groups in total. The third-order valence-corrected chi connectivity index (χ3v) is 2.88. The van der Waals surface area contributed by atoms with Gasteiger partial charge in [-0.2, -0.15) is 0 Å². The first-order valence-electron chi connectivity index (χ1n) is 5.41. The Kier molecular flexibility index (Phi) is 4.35. The van der Waals surface area contributed by atoms with Crippen LogP contribution in [0.2, 0.25) is 0 Å². The van der Waals surface area contributed by atoms with Crippen LogP contribution in [0.25, 0.3) is 0 Å². The minimum Gasteiger partial charge on any atom is -0.496 e. The number of carboxylic acids is 1. The molecule has 1 aromatic carbocycles. The van der Waals surface area contributed by atoms with Crippen LogP contribution in [0.5, 0.6) is 5.75 Å². The fraction of sp³-hybridized carbons (Fsp3) is 0.462. The first-order chi connectivity index (χ1) is 7.56. The lowest BCUT2D eigenvalue weighted by atomic mass is 9.98. The summed E-state index contributed by atoms with van der Waals surface area (Å²) < 4.78 is 5.22. The SMILES string of the molecule is COc1cccc(CCC(C)C(=O)O)c1C. The van der Waals surface area contributed by atoms with Gasteiger partial charge in [0.1, 0.15) is 5.75 Å². The number of carboxylic acid groups (broad SMARTS) is 1. The van der Waals surface area contributed by atoms with Crippen LogP contribution < -0.4 is 4.74 Å². The lowest BCUT2D eigenvalue weighted by molar-refractivity contribution is -0.141. The third-order valence-electron chi connectivity index (χ3n) is 2.88. The number of aliphatic carboxylic acids is 1. The first kappa shape index (κ1) is 12.6. The molecule has 0 heterocycles. The molecule has 0 spiro atoms. The first-order valence-corrected chi connectivity index (χ1v) is 5.41. The van der Waals surface area contributed by atoms with E-state index >= 15 is 0 Å². The highest BCUT2D eigenvalue weighted by atomic mass is 16.5. The maximum atomic E-state index is 10.7. The van der Waals surface area contributed by atoms with Gasteiger partial charge in [0, 0.05) is 0 Å². The number of benzene rings is 1. The van der Waals surface area contributed by atoms with Crippen molar-refractivity contribution in [1.29, 1.82) is 0 Å². The fourth-order valence-electron chi connectivity index (χ4n) is 1.65. The average Bonchev–Trinajstić information content (AvgIpc) is 2.27. The second-order valence-corrected chi connectivity index (χ2v) is 4.02. The highest BCUT2D eigenvalue weighted by Gasteiger charge is 2.12. The molecule has 0 bridgehead atoms. The number of hydrogen-bond acceptors (Lipinski definition) is 2. The van der Waals surface area contributed by atoms with Crippen molar-refractivity contribution < 1.29 is 14.6 Å². The van der Waals surface area contributed by atoms with Gasteiger partial charge in [0.05, 0.1) is 13.0 Å². The van der Waals surface area contributed by atoms with Gasteiger partial charge in [0.25, 0.3) is 0 Å². The molecule has 16 heavy (non-hydrogen) atoms. The molecule has 0 aliphatic heterocycles. The molecule has 0 aliphatic carbocycles. The van der Waals surface area contributed by atoms with Crippen molar-refractivity contribution in [2.45, 2.75) is 26.7 Å². The number of ether oxygens (including phenoxy) is 1. The predicted octanol–water partition coefficient (Wildman–Crippen LogP) is 2.66. The van der Waals surface area contributed by atoms with Gasteiger partial charge in [-0.3, -0.25) is 4.79 Å². The van der Waals surface area contributed by atoms with Gasteiger partial charge in [-0.05, 0) is 37.0 Å². The summed E-state index contributed by atoms with van der Waals surface area (Å²) in [5, 5.41) is 8.81. The topological polar surface area (TPSA) is 46.5 Å². The van der Waals surface area contributed by atoms with Crippen molar-refractivity contribution in [1.82, 2.24) is 0 Å². The van der Waals surface area contributed by atoms with E-state index < -0.39 is 5.97 Å². The highest BCUT2D eigenvalue weighted by molar-refractivity contribution is 5.69. The van der Waals surface area contributed by atoms with Crippen LogP contribution in [0.3, 0.4) is 0 Å². The number of methoxy groups -OCH3 is 1. The van der Waals surface area contributed by atoms with E-state index in [0.29, 0.717) is 6.42 Å². The zero-order valence-corrected chi connectivity index (χ0v) is 9.99. The quantitative estimate of drug-likeness (QED) is 0.833. The van der Waals surface area contributed by atoms with Gasteiger partial charge >= 0.3 is 5.97 Å².